The number of alkyl halides is 1. The van der Waals surface area contributed by atoms with E-state index in [0.29, 0.717) is 0 Å². The fourth-order valence-electron chi connectivity index (χ4n) is 0. The molecule has 0 aliphatic carbocycles. The molecular formula is C4H9IO2. The first kappa shape index (κ1) is 7.65. The average Bonchev–Trinajstić information content (AvgIpc) is 1.31. The molecule has 7 heavy (non-hydrogen) atoms. The Kier molecular flexibility index (Phi) is 2.49. The van der Waals surface area contributed by atoms with Crippen LogP contribution in [0.1, 0.15) is 13.8 Å². The fourth-order valence-corrected chi connectivity index (χ4v) is 0. The average molecular weight is 216 g/mol. The molecule has 0 saturated heterocycles. The SMILES string of the molecule is CC(C)(O)C(O)I. The van der Waals surface area contributed by atoms with Gasteiger partial charge in [-0.1, -0.05) is 0 Å². The van der Waals surface area contributed by atoms with E-state index in [2.05, 4.69) is 0 Å². The van der Waals surface area contributed by atoms with Crippen LogP contribution in [0.3, 0.4) is 0 Å². The third-order valence-electron chi connectivity index (χ3n) is 0.583. The number of hydrogen-bond donors (Lipinski definition) is 2. The van der Waals surface area contributed by atoms with E-state index in [-0.39, 0.29) is 0 Å². The van der Waals surface area contributed by atoms with Crippen molar-refractivity contribution in [3.05, 3.63) is 0 Å². The van der Waals surface area contributed by atoms with Gasteiger partial charge in [0.15, 0.2) is 0 Å². The van der Waals surface area contributed by atoms with Crippen molar-refractivity contribution in [3.8, 4) is 0 Å². The summed E-state index contributed by atoms with van der Waals surface area (Å²) in [6, 6.07) is 0. The Bertz CT molecular complexity index is 55.2. The molecule has 0 aromatic carbocycles. The molecule has 0 spiro atoms. The van der Waals surface area contributed by atoms with E-state index in [0.717, 1.165) is 0 Å². The van der Waals surface area contributed by atoms with Crippen molar-refractivity contribution in [2.45, 2.75) is 23.6 Å². The molecule has 2 nitrogen and oxygen atoms in total. The van der Waals surface area contributed by atoms with Gasteiger partial charge >= 0.3 is 0 Å². The largest absolute Gasteiger partial charge is 0.387 e. The molecule has 0 radical (unpaired) electrons. The summed E-state index contributed by atoms with van der Waals surface area (Å²) in [5.74, 6) is 0. The number of rotatable bonds is 1. The van der Waals surface area contributed by atoms with Gasteiger partial charge in [-0.15, -0.1) is 0 Å². The number of aliphatic hydroxyl groups is 2. The standard InChI is InChI=1S/C4H9IO2/c1-4(2,7)3(5)6/h3,6-7H,1-2H3. The zero-order valence-electron chi connectivity index (χ0n) is 4.35. The summed E-state index contributed by atoms with van der Waals surface area (Å²) in [4.78, 5) is 0. The van der Waals surface area contributed by atoms with E-state index in [1.165, 1.54) is 0 Å². The second-order valence-corrected chi connectivity index (χ2v) is 3.17. The summed E-state index contributed by atoms with van der Waals surface area (Å²) >= 11 is 1.75. The van der Waals surface area contributed by atoms with E-state index in [9.17, 15) is 0 Å². The van der Waals surface area contributed by atoms with Crippen LogP contribution in [0.2, 0.25) is 0 Å². The lowest BCUT2D eigenvalue weighted by Crippen LogP contribution is -2.30. The Balaban J connectivity index is 3.54. The summed E-state index contributed by atoms with van der Waals surface area (Å²) in [6.07, 6.45) is 0. The van der Waals surface area contributed by atoms with E-state index in [1.807, 2.05) is 0 Å². The first-order chi connectivity index (χ1) is 2.94. The first-order valence-electron chi connectivity index (χ1n) is 1.99. The van der Waals surface area contributed by atoms with Crippen molar-refractivity contribution in [2.24, 2.45) is 0 Å². The van der Waals surface area contributed by atoms with Gasteiger partial charge in [0, 0.05) is 0 Å². The van der Waals surface area contributed by atoms with Crippen LogP contribution in [0.25, 0.3) is 0 Å². The van der Waals surface area contributed by atoms with E-state index in [4.69, 9.17) is 10.2 Å². The molecule has 3 heteroatoms. The lowest BCUT2D eigenvalue weighted by Gasteiger charge is -2.18. The molecule has 0 rings (SSSR count). The highest BCUT2D eigenvalue weighted by Gasteiger charge is 2.20. The summed E-state index contributed by atoms with van der Waals surface area (Å²) in [6.45, 7) is 3.12. The number of aliphatic hydroxyl groups excluding tert-OH is 1. The van der Waals surface area contributed by atoms with E-state index in [1.54, 1.807) is 36.4 Å². The Labute approximate surface area is 56.7 Å². The van der Waals surface area contributed by atoms with Gasteiger partial charge < -0.3 is 10.2 Å². The summed E-state index contributed by atoms with van der Waals surface area (Å²) in [5.41, 5.74) is -0.958. The Morgan fingerprint density at radius 1 is 1.57 bits per heavy atom. The molecule has 0 aromatic heterocycles. The maximum Gasteiger partial charge on any atom is 0.133 e. The van der Waals surface area contributed by atoms with Crippen LogP contribution in [0.15, 0.2) is 0 Å². The van der Waals surface area contributed by atoms with Gasteiger partial charge in [-0.25, -0.2) is 0 Å². The van der Waals surface area contributed by atoms with Crippen molar-refractivity contribution in [1.82, 2.24) is 0 Å². The van der Waals surface area contributed by atoms with Crippen LogP contribution in [0.5, 0.6) is 0 Å². The van der Waals surface area contributed by atoms with Crippen molar-refractivity contribution in [2.75, 3.05) is 0 Å². The van der Waals surface area contributed by atoms with Gasteiger partial charge in [-0.3, -0.25) is 0 Å². The third kappa shape index (κ3) is 3.25. The van der Waals surface area contributed by atoms with Crippen molar-refractivity contribution >= 4 is 22.6 Å². The maximum atomic E-state index is 8.84. The molecular weight excluding hydrogens is 207 g/mol. The zero-order valence-corrected chi connectivity index (χ0v) is 6.51. The first-order valence-corrected chi connectivity index (χ1v) is 3.23. The number of hydrogen-bond acceptors (Lipinski definition) is 2. The van der Waals surface area contributed by atoms with Gasteiger partial charge in [0.05, 0.1) is 5.60 Å². The highest BCUT2D eigenvalue weighted by molar-refractivity contribution is 14.1. The minimum atomic E-state index is -0.958. The summed E-state index contributed by atoms with van der Waals surface area (Å²) in [5, 5.41) is 17.5. The smallest absolute Gasteiger partial charge is 0.133 e. The lowest BCUT2D eigenvalue weighted by molar-refractivity contribution is 0.00741. The van der Waals surface area contributed by atoms with Crippen LogP contribution in [0, 0.1) is 0 Å². The topological polar surface area (TPSA) is 40.5 Å². The molecule has 44 valence electrons. The lowest BCUT2D eigenvalue weighted by atomic mass is 10.2. The van der Waals surface area contributed by atoms with Crippen LogP contribution < -0.4 is 0 Å². The summed E-state index contributed by atoms with van der Waals surface area (Å²) < 4.78 is -0.676. The second-order valence-electron chi connectivity index (χ2n) is 1.99. The molecule has 0 aliphatic heterocycles. The number of halogens is 1. The fraction of sp³-hybridized carbons (Fsp3) is 1.00. The molecule has 0 aromatic rings. The molecule has 0 amide bonds. The second kappa shape index (κ2) is 2.28. The molecule has 0 saturated carbocycles. The van der Waals surface area contributed by atoms with Gasteiger partial charge in [0.1, 0.15) is 4.11 Å². The molecule has 0 fully saturated rings. The maximum absolute atomic E-state index is 8.84. The van der Waals surface area contributed by atoms with Gasteiger partial charge in [-0.05, 0) is 36.4 Å². The van der Waals surface area contributed by atoms with Crippen molar-refractivity contribution in [3.63, 3.8) is 0 Å². The van der Waals surface area contributed by atoms with E-state index >= 15 is 0 Å². The Morgan fingerprint density at radius 3 is 1.71 bits per heavy atom. The van der Waals surface area contributed by atoms with Crippen LogP contribution in [-0.2, 0) is 0 Å². The van der Waals surface area contributed by atoms with Crippen molar-refractivity contribution < 1.29 is 10.2 Å². The van der Waals surface area contributed by atoms with E-state index < -0.39 is 9.71 Å². The van der Waals surface area contributed by atoms with Gasteiger partial charge in [0.25, 0.3) is 0 Å². The predicted octanol–water partition coefficient (Wildman–Crippen LogP) is 0.511. The van der Waals surface area contributed by atoms with Crippen LogP contribution in [0.4, 0.5) is 0 Å². The molecule has 1 atom stereocenters. The highest BCUT2D eigenvalue weighted by atomic mass is 127. The highest BCUT2D eigenvalue weighted by Crippen LogP contribution is 2.13. The molecule has 0 heterocycles. The third-order valence-corrected chi connectivity index (χ3v) is 2.11. The van der Waals surface area contributed by atoms with Gasteiger partial charge in [-0.2, -0.15) is 0 Å². The summed E-state index contributed by atoms with van der Waals surface area (Å²) in [7, 11) is 0. The molecule has 0 bridgehead atoms. The van der Waals surface area contributed by atoms with Crippen LogP contribution in [-0.4, -0.2) is 19.9 Å². The minimum Gasteiger partial charge on any atom is -0.387 e. The van der Waals surface area contributed by atoms with Crippen molar-refractivity contribution in [1.29, 1.82) is 0 Å². The zero-order chi connectivity index (χ0) is 6.08. The molecule has 2 N–H and O–H groups in total. The Morgan fingerprint density at radius 2 is 1.71 bits per heavy atom. The predicted molar refractivity (Wildman–Crippen MR) is 36.3 cm³/mol. The molecule has 1 unspecified atom stereocenters. The van der Waals surface area contributed by atoms with Gasteiger partial charge in [0.2, 0.25) is 0 Å². The minimum absolute atomic E-state index is 0.676. The quantitative estimate of drug-likeness (QED) is 0.495. The molecule has 0 aliphatic rings. The normalized spacial score (nSPS) is 16.7. The van der Waals surface area contributed by atoms with Crippen LogP contribution >= 0.6 is 22.6 Å². The monoisotopic (exact) mass is 216 g/mol. The Hall–Kier alpha value is 0.650.